The number of rotatable bonds is 3. The fourth-order valence-electron chi connectivity index (χ4n) is 2.83. The Morgan fingerprint density at radius 2 is 1.67 bits per heavy atom. The fraction of sp³-hybridized carbons (Fsp3) is 0.722. The van der Waals surface area contributed by atoms with Gasteiger partial charge in [-0.3, -0.25) is 0 Å². The molecule has 2 rings (SSSR count). The maximum absolute atomic E-state index is 4.77. The van der Waals surface area contributed by atoms with Gasteiger partial charge in [0.05, 0.1) is 0 Å². The van der Waals surface area contributed by atoms with Gasteiger partial charge < -0.3 is 10.2 Å². The third kappa shape index (κ3) is 5.66. The van der Waals surface area contributed by atoms with Gasteiger partial charge in [-0.05, 0) is 58.2 Å². The van der Waals surface area contributed by atoms with Crippen LogP contribution < -0.4 is 10.2 Å². The summed E-state index contributed by atoms with van der Waals surface area (Å²) in [5, 5.41) is 3.57. The quantitative estimate of drug-likeness (QED) is 0.910. The largest absolute Gasteiger partial charge is 0.357 e. The van der Waals surface area contributed by atoms with E-state index in [9.17, 15) is 0 Å². The second kappa shape index (κ2) is 7.26. The zero-order chi connectivity index (χ0) is 15.3. The minimum absolute atomic E-state index is 0.151. The first-order chi connectivity index (χ1) is 9.94. The highest BCUT2D eigenvalue weighted by Crippen LogP contribution is 2.20. The van der Waals surface area contributed by atoms with Crippen LogP contribution in [0.1, 0.15) is 64.1 Å². The highest BCUT2D eigenvalue weighted by atomic mass is 15.2. The zero-order valence-electron chi connectivity index (χ0n) is 14.2. The third-order valence-corrected chi connectivity index (χ3v) is 4.00. The number of anilines is 1. The van der Waals surface area contributed by atoms with Crippen LogP contribution in [0.5, 0.6) is 0 Å². The normalized spacial score (nSPS) is 17.4. The standard InChI is InChI=1S/C18H31N3/c1-15-12-16(14-19-18(2,3)4)13-17(20-15)21-10-8-6-5-7-9-11-21/h12-13,19H,5-11,14H2,1-4H3. The number of hydrogen-bond donors (Lipinski definition) is 1. The molecule has 1 aliphatic rings. The van der Waals surface area contributed by atoms with E-state index < -0.39 is 0 Å². The molecule has 0 atom stereocenters. The van der Waals surface area contributed by atoms with E-state index in [0.717, 1.165) is 25.3 Å². The van der Waals surface area contributed by atoms with Crippen molar-refractivity contribution in [1.82, 2.24) is 10.3 Å². The second-order valence-corrected chi connectivity index (χ2v) is 7.33. The molecule has 1 saturated heterocycles. The smallest absolute Gasteiger partial charge is 0.129 e. The molecule has 0 saturated carbocycles. The lowest BCUT2D eigenvalue weighted by Gasteiger charge is -2.27. The Labute approximate surface area is 130 Å². The predicted octanol–water partition coefficient (Wildman–Crippen LogP) is 4.05. The maximum atomic E-state index is 4.77. The Balaban J connectivity index is 2.09. The molecule has 0 spiro atoms. The van der Waals surface area contributed by atoms with E-state index >= 15 is 0 Å². The van der Waals surface area contributed by atoms with Crippen LogP contribution in [0.4, 0.5) is 5.82 Å². The summed E-state index contributed by atoms with van der Waals surface area (Å²) in [7, 11) is 0. The molecule has 0 unspecified atom stereocenters. The lowest BCUT2D eigenvalue weighted by atomic mass is 10.1. The van der Waals surface area contributed by atoms with Gasteiger partial charge in [0.15, 0.2) is 0 Å². The third-order valence-electron chi connectivity index (χ3n) is 4.00. The van der Waals surface area contributed by atoms with Gasteiger partial charge in [0.25, 0.3) is 0 Å². The molecule has 1 N–H and O–H groups in total. The summed E-state index contributed by atoms with van der Waals surface area (Å²) in [6, 6.07) is 4.47. The molecular weight excluding hydrogens is 258 g/mol. The van der Waals surface area contributed by atoms with E-state index in [-0.39, 0.29) is 5.54 Å². The first kappa shape index (κ1) is 16.3. The Hall–Kier alpha value is -1.09. The zero-order valence-corrected chi connectivity index (χ0v) is 14.2. The van der Waals surface area contributed by atoms with Gasteiger partial charge in [0.1, 0.15) is 5.82 Å². The minimum Gasteiger partial charge on any atom is -0.357 e. The van der Waals surface area contributed by atoms with Gasteiger partial charge in [0.2, 0.25) is 0 Å². The summed E-state index contributed by atoms with van der Waals surface area (Å²) in [5.74, 6) is 1.17. The lowest BCUT2D eigenvalue weighted by Crippen LogP contribution is -2.35. The van der Waals surface area contributed by atoms with Crippen LogP contribution in [0.2, 0.25) is 0 Å². The van der Waals surface area contributed by atoms with Crippen LogP contribution in [-0.4, -0.2) is 23.6 Å². The van der Waals surface area contributed by atoms with E-state index in [0.29, 0.717) is 0 Å². The molecule has 3 heteroatoms. The predicted molar refractivity (Wildman–Crippen MR) is 90.9 cm³/mol. The number of aryl methyl sites for hydroxylation is 1. The summed E-state index contributed by atoms with van der Waals surface area (Å²) < 4.78 is 0. The van der Waals surface area contributed by atoms with Crippen molar-refractivity contribution in [1.29, 1.82) is 0 Å². The molecular formula is C18H31N3. The first-order valence-corrected chi connectivity index (χ1v) is 8.42. The van der Waals surface area contributed by atoms with E-state index in [4.69, 9.17) is 4.98 Å². The first-order valence-electron chi connectivity index (χ1n) is 8.42. The van der Waals surface area contributed by atoms with E-state index in [1.165, 1.54) is 43.5 Å². The molecule has 0 amide bonds. The summed E-state index contributed by atoms with van der Waals surface area (Å²) >= 11 is 0. The Morgan fingerprint density at radius 1 is 1.05 bits per heavy atom. The van der Waals surface area contributed by atoms with Crippen LogP contribution in [0.3, 0.4) is 0 Å². The minimum atomic E-state index is 0.151. The second-order valence-electron chi connectivity index (χ2n) is 7.33. The van der Waals surface area contributed by atoms with Gasteiger partial charge >= 0.3 is 0 Å². The topological polar surface area (TPSA) is 28.2 Å². The van der Waals surface area contributed by atoms with E-state index in [1.54, 1.807) is 0 Å². The highest BCUT2D eigenvalue weighted by molar-refractivity contribution is 5.42. The number of nitrogens with zero attached hydrogens (tertiary/aromatic N) is 2. The molecule has 0 aromatic carbocycles. The van der Waals surface area contributed by atoms with E-state index in [2.05, 4.69) is 50.0 Å². The van der Waals surface area contributed by atoms with Crippen molar-refractivity contribution in [2.75, 3.05) is 18.0 Å². The molecule has 3 nitrogen and oxygen atoms in total. The van der Waals surface area contributed by atoms with Crippen LogP contribution >= 0.6 is 0 Å². The molecule has 2 heterocycles. The summed E-state index contributed by atoms with van der Waals surface area (Å²) in [5.41, 5.74) is 2.62. The Bertz CT molecular complexity index is 440. The molecule has 0 bridgehead atoms. The molecule has 118 valence electrons. The number of nitrogens with one attached hydrogen (secondary N) is 1. The molecule has 1 aromatic rings. The summed E-state index contributed by atoms with van der Waals surface area (Å²) in [6.07, 6.45) is 6.72. The van der Waals surface area contributed by atoms with Crippen LogP contribution in [0, 0.1) is 6.92 Å². The molecule has 0 aliphatic carbocycles. The molecule has 1 fully saturated rings. The van der Waals surface area contributed by atoms with Gasteiger partial charge in [-0.1, -0.05) is 19.3 Å². The van der Waals surface area contributed by atoms with Crippen molar-refractivity contribution in [2.45, 2.75) is 71.9 Å². The van der Waals surface area contributed by atoms with Gasteiger partial charge in [-0.2, -0.15) is 0 Å². The lowest BCUT2D eigenvalue weighted by molar-refractivity contribution is 0.424. The van der Waals surface area contributed by atoms with Crippen LogP contribution in [0.25, 0.3) is 0 Å². The van der Waals surface area contributed by atoms with E-state index in [1.807, 2.05) is 0 Å². The Kier molecular flexibility index (Phi) is 5.63. The summed E-state index contributed by atoms with van der Waals surface area (Å²) in [6.45, 7) is 12.0. The van der Waals surface area contributed by atoms with Crippen LogP contribution in [0.15, 0.2) is 12.1 Å². The maximum Gasteiger partial charge on any atom is 0.129 e. The monoisotopic (exact) mass is 289 g/mol. The molecule has 21 heavy (non-hydrogen) atoms. The van der Waals surface area contributed by atoms with Crippen molar-refractivity contribution in [3.63, 3.8) is 0 Å². The van der Waals surface area contributed by atoms with Gasteiger partial charge in [0, 0.05) is 30.9 Å². The SMILES string of the molecule is Cc1cc(CNC(C)(C)C)cc(N2CCCCCCC2)n1. The van der Waals surface area contributed by atoms with Crippen molar-refractivity contribution in [3.8, 4) is 0 Å². The number of pyridine rings is 1. The van der Waals surface area contributed by atoms with Crippen molar-refractivity contribution in [2.24, 2.45) is 0 Å². The van der Waals surface area contributed by atoms with Gasteiger partial charge in [-0.15, -0.1) is 0 Å². The summed E-state index contributed by atoms with van der Waals surface area (Å²) in [4.78, 5) is 7.25. The molecule has 1 aromatic heterocycles. The van der Waals surface area contributed by atoms with Crippen molar-refractivity contribution >= 4 is 5.82 Å². The number of aromatic nitrogens is 1. The Morgan fingerprint density at radius 3 is 2.29 bits per heavy atom. The molecule has 0 radical (unpaired) electrons. The average molecular weight is 289 g/mol. The van der Waals surface area contributed by atoms with Crippen LogP contribution in [-0.2, 0) is 6.54 Å². The van der Waals surface area contributed by atoms with Gasteiger partial charge in [-0.25, -0.2) is 4.98 Å². The molecule has 1 aliphatic heterocycles. The fourth-order valence-corrected chi connectivity index (χ4v) is 2.83. The van der Waals surface area contributed by atoms with Crippen molar-refractivity contribution in [3.05, 3.63) is 23.4 Å². The van der Waals surface area contributed by atoms with Crippen molar-refractivity contribution < 1.29 is 0 Å². The number of hydrogen-bond acceptors (Lipinski definition) is 3. The highest BCUT2D eigenvalue weighted by Gasteiger charge is 2.13. The average Bonchev–Trinajstić information content (AvgIpc) is 2.34.